The molecule has 4 aromatic heterocycles. The Balaban J connectivity index is 1.40. The predicted octanol–water partition coefficient (Wildman–Crippen LogP) is 5.75. The molecule has 0 spiro atoms. The second-order valence-electron chi connectivity index (χ2n) is 8.77. The van der Waals surface area contributed by atoms with Crippen LogP contribution in [0.4, 0.5) is 8.78 Å². The molecule has 0 bridgehead atoms. The first-order valence-electron chi connectivity index (χ1n) is 11.9. The molecule has 6 aromatic rings. The molecule has 2 aromatic carbocycles. The van der Waals surface area contributed by atoms with Gasteiger partial charge in [-0.15, -0.1) is 5.10 Å². The van der Waals surface area contributed by atoms with Gasteiger partial charge in [0.25, 0.3) is 0 Å². The maximum Gasteiger partial charge on any atom is 0.151 e. The van der Waals surface area contributed by atoms with Gasteiger partial charge in [-0.1, -0.05) is 29.8 Å². The van der Waals surface area contributed by atoms with Crippen molar-refractivity contribution in [3.05, 3.63) is 126 Å². The molecule has 0 aliphatic rings. The van der Waals surface area contributed by atoms with Crippen molar-refractivity contribution in [2.75, 3.05) is 0 Å². The summed E-state index contributed by atoms with van der Waals surface area (Å²) in [5, 5.41) is 11.2. The molecule has 1 unspecified atom stereocenters. The zero-order valence-electron chi connectivity index (χ0n) is 20.2. The predicted molar refractivity (Wildman–Crippen MR) is 141 cm³/mol. The Labute approximate surface area is 226 Å². The molecule has 0 amide bonds. The number of halogens is 3. The summed E-state index contributed by atoms with van der Waals surface area (Å²) in [7, 11) is 0. The molecule has 0 saturated carbocycles. The van der Waals surface area contributed by atoms with Gasteiger partial charge in [0.05, 0.1) is 34.5 Å². The molecule has 0 fully saturated rings. The molecule has 0 aliphatic carbocycles. The summed E-state index contributed by atoms with van der Waals surface area (Å²) in [5.41, 5.74) is 4.51. The molecular weight excluding hydrogens is 522 g/mol. The number of tetrazole rings is 1. The second-order valence-corrected chi connectivity index (χ2v) is 9.18. The maximum absolute atomic E-state index is 15.3. The van der Waals surface area contributed by atoms with Gasteiger partial charge < -0.3 is 4.57 Å². The highest BCUT2D eigenvalue weighted by Crippen LogP contribution is 2.34. The van der Waals surface area contributed by atoms with Gasteiger partial charge in [-0.25, -0.2) is 13.8 Å². The Bertz CT molecular complexity index is 1700. The van der Waals surface area contributed by atoms with Gasteiger partial charge in [0, 0.05) is 41.5 Å². The van der Waals surface area contributed by atoms with E-state index >= 15 is 4.39 Å². The SMILES string of the molecule is Fc1ccc(CC(c2ccc(-c3c(-n4cnnn4)ccc(Cl)c3F)cn2)n2cnc(-c3ccncc3)c2)cc1. The highest BCUT2D eigenvalue weighted by atomic mass is 35.5. The Hall–Kier alpha value is -4.83. The first kappa shape index (κ1) is 24.5. The number of pyridine rings is 2. The minimum absolute atomic E-state index is 0.0258. The van der Waals surface area contributed by atoms with E-state index in [1.54, 1.807) is 49.2 Å². The van der Waals surface area contributed by atoms with Crippen LogP contribution in [-0.4, -0.2) is 39.7 Å². The normalized spacial score (nSPS) is 12.0. The van der Waals surface area contributed by atoms with Crippen LogP contribution < -0.4 is 0 Å². The number of imidazole rings is 1. The third-order valence-electron chi connectivity index (χ3n) is 6.36. The van der Waals surface area contributed by atoms with Crippen LogP contribution in [-0.2, 0) is 6.42 Å². The van der Waals surface area contributed by atoms with Gasteiger partial charge in [0.1, 0.15) is 12.1 Å². The van der Waals surface area contributed by atoms with E-state index in [1.165, 1.54) is 29.2 Å². The fourth-order valence-electron chi connectivity index (χ4n) is 4.41. The molecule has 0 aliphatic heterocycles. The molecule has 192 valence electrons. The van der Waals surface area contributed by atoms with Gasteiger partial charge in [-0.3, -0.25) is 9.97 Å². The number of hydrogen-bond donors (Lipinski definition) is 0. The lowest BCUT2D eigenvalue weighted by atomic mass is 10.00. The van der Waals surface area contributed by atoms with Crippen molar-refractivity contribution in [2.24, 2.45) is 0 Å². The number of benzene rings is 2. The van der Waals surface area contributed by atoms with Gasteiger partial charge >= 0.3 is 0 Å². The van der Waals surface area contributed by atoms with E-state index in [0.29, 0.717) is 23.4 Å². The minimum Gasteiger partial charge on any atom is -0.327 e. The molecule has 0 N–H and O–H groups in total. The van der Waals surface area contributed by atoms with E-state index in [2.05, 4.69) is 25.5 Å². The first-order chi connectivity index (χ1) is 19.1. The largest absolute Gasteiger partial charge is 0.327 e. The summed E-state index contributed by atoms with van der Waals surface area (Å²) in [6.45, 7) is 0. The molecule has 6 rings (SSSR count). The van der Waals surface area contributed by atoms with Crippen LogP contribution in [0.2, 0.25) is 5.02 Å². The van der Waals surface area contributed by atoms with Gasteiger partial charge in [0.2, 0.25) is 0 Å². The van der Waals surface area contributed by atoms with Crippen molar-refractivity contribution in [2.45, 2.75) is 12.5 Å². The highest BCUT2D eigenvalue weighted by molar-refractivity contribution is 6.31. The third-order valence-corrected chi connectivity index (χ3v) is 6.66. The Morgan fingerprint density at radius 1 is 0.846 bits per heavy atom. The van der Waals surface area contributed by atoms with E-state index in [0.717, 1.165) is 16.8 Å². The molecule has 8 nitrogen and oxygen atoms in total. The van der Waals surface area contributed by atoms with E-state index < -0.39 is 5.82 Å². The van der Waals surface area contributed by atoms with E-state index in [-0.39, 0.29) is 22.4 Å². The van der Waals surface area contributed by atoms with E-state index in [4.69, 9.17) is 16.6 Å². The molecule has 11 heteroatoms. The zero-order chi connectivity index (χ0) is 26.8. The van der Waals surface area contributed by atoms with Gasteiger partial charge in [-0.2, -0.15) is 4.68 Å². The molecule has 1 atom stereocenters. The number of nitrogens with zero attached hydrogens (tertiary/aromatic N) is 8. The van der Waals surface area contributed by atoms with Crippen molar-refractivity contribution in [3.63, 3.8) is 0 Å². The monoisotopic (exact) mass is 540 g/mol. The van der Waals surface area contributed by atoms with E-state index in [9.17, 15) is 4.39 Å². The van der Waals surface area contributed by atoms with Crippen LogP contribution in [0.3, 0.4) is 0 Å². The molecule has 0 saturated heterocycles. The van der Waals surface area contributed by atoms with Crippen molar-refractivity contribution < 1.29 is 8.78 Å². The van der Waals surface area contributed by atoms with Crippen molar-refractivity contribution >= 4 is 11.6 Å². The Morgan fingerprint density at radius 3 is 2.38 bits per heavy atom. The van der Waals surface area contributed by atoms with Crippen molar-refractivity contribution in [1.29, 1.82) is 0 Å². The number of hydrogen-bond acceptors (Lipinski definition) is 6. The maximum atomic E-state index is 15.3. The summed E-state index contributed by atoms with van der Waals surface area (Å²) >= 11 is 6.12. The Morgan fingerprint density at radius 2 is 1.67 bits per heavy atom. The smallest absolute Gasteiger partial charge is 0.151 e. The minimum atomic E-state index is -0.598. The van der Waals surface area contributed by atoms with Crippen LogP contribution in [0.25, 0.3) is 28.1 Å². The van der Waals surface area contributed by atoms with Crippen LogP contribution in [0, 0.1) is 11.6 Å². The van der Waals surface area contributed by atoms with Crippen molar-refractivity contribution in [1.82, 2.24) is 39.7 Å². The zero-order valence-corrected chi connectivity index (χ0v) is 21.0. The average Bonchev–Trinajstić information content (AvgIpc) is 3.68. The average molecular weight is 541 g/mol. The fourth-order valence-corrected chi connectivity index (χ4v) is 4.57. The van der Waals surface area contributed by atoms with Gasteiger partial charge in [0.15, 0.2) is 5.82 Å². The lowest BCUT2D eigenvalue weighted by Crippen LogP contribution is -2.14. The number of aromatic nitrogens is 8. The molecule has 39 heavy (non-hydrogen) atoms. The van der Waals surface area contributed by atoms with Gasteiger partial charge in [-0.05, 0) is 64.9 Å². The van der Waals surface area contributed by atoms with Crippen LogP contribution >= 0.6 is 11.6 Å². The van der Waals surface area contributed by atoms with Crippen LogP contribution in [0.15, 0.2) is 98.1 Å². The quantitative estimate of drug-likeness (QED) is 0.256. The summed E-state index contributed by atoms with van der Waals surface area (Å²) < 4.78 is 32.2. The summed E-state index contributed by atoms with van der Waals surface area (Å²) in [6, 6.07) is 16.6. The molecule has 4 heterocycles. The van der Waals surface area contributed by atoms with Crippen molar-refractivity contribution in [3.8, 4) is 28.1 Å². The standard InChI is InChI=1S/C28H19ClF2N8/c29-22-6-8-25(39-17-35-36-37-39)27(28(22)31)20-3-7-23(33-14-20)26(13-18-1-4-21(30)5-2-18)38-15-24(34-16-38)19-9-11-32-12-10-19/h1-12,14-17,26H,13H2. The highest BCUT2D eigenvalue weighted by Gasteiger charge is 2.21. The Kier molecular flexibility index (Phi) is 6.60. The second kappa shape index (κ2) is 10.5. The van der Waals surface area contributed by atoms with Crippen LogP contribution in [0.5, 0.6) is 0 Å². The molecule has 0 radical (unpaired) electrons. The van der Waals surface area contributed by atoms with Crippen LogP contribution in [0.1, 0.15) is 17.3 Å². The first-order valence-corrected chi connectivity index (χ1v) is 12.3. The summed E-state index contributed by atoms with van der Waals surface area (Å²) in [6.07, 6.45) is 10.6. The topological polar surface area (TPSA) is 87.2 Å². The lowest BCUT2D eigenvalue weighted by molar-refractivity contribution is 0.564. The summed E-state index contributed by atoms with van der Waals surface area (Å²) in [5.74, 6) is -0.902. The summed E-state index contributed by atoms with van der Waals surface area (Å²) in [4.78, 5) is 13.4. The molecular formula is C28H19ClF2N8. The fraction of sp³-hybridized carbons (Fsp3) is 0.0714. The number of rotatable bonds is 7. The lowest BCUT2D eigenvalue weighted by Gasteiger charge is -2.19. The third kappa shape index (κ3) is 5.01. The van der Waals surface area contributed by atoms with E-state index in [1.807, 2.05) is 29.0 Å².